The molecule has 0 atom stereocenters. The van der Waals surface area contributed by atoms with Crippen molar-refractivity contribution in [2.45, 2.75) is 19.3 Å². The number of rotatable bonds is 4. The summed E-state index contributed by atoms with van der Waals surface area (Å²) in [6, 6.07) is 5.85. The van der Waals surface area contributed by atoms with E-state index in [2.05, 4.69) is 0 Å². The van der Waals surface area contributed by atoms with Crippen LogP contribution in [0.5, 0.6) is 11.5 Å². The van der Waals surface area contributed by atoms with E-state index >= 15 is 0 Å². The van der Waals surface area contributed by atoms with E-state index in [4.69, 9.17) is 9.47 Å². The second-order valence-electron chi connectivity index (χ2n) is 3.21. The van der Waals surface area contributed by atoms with Crippen LogP contribution >= 0.6 is 0 Å². The van der Waals surface area contributed by atoms with Crippen molar-refractivity contribution in [1.82, 2.24) is 0 Å². The normalized spacial score (nSPS) is 12.9. The van der Waals surface area contributed by atoms with Gasteiger partial charge >= 0.3 is 0 Å². The molecule has 2 rings (SSSR count). The van der Waals surface area contributed by atoms with Gasteiger partial charge in [0.1, 0.15) is 6.29 Å². The number of ether oxygens (including phenoxy) is 2. The van der Waals surface area contributed by atoms with Crippen molar-refractivity contribution in [1.29, 1.82) is 0 Å². The number of carbonyl (C=O) groups excluding carboxylic acids is 1. The van der Waals surface area contributed by atoms with Crippen LogP contribution in [0.1, 0.15) is 18.4 Å². The molecular weight excluding hydrogens is 180 g/mol. The van der Waals surface area contributed by atoms with Gasteiger partial charge in [-0.3, -0.25) is 0 Å². The summed E-state index contributed by atoms with van der Waals surface area (Å²) >= 11 is 0. The molecule has 0 fully saturated rings. The minimum absolute atomic E-state index is 0.306. The predicted molar refractivity (Wildman–Crippen MR) is 51.6 cm³/mol. The zero-order valence-corrected chi connectivity index (χ0v) is 7.86. The standard InChI is InChI=1S/C11H12O3/c12-7-2-1-4-9-5-3-6-10-11(9)14-8-13-10/h3,5-7H,1-2,4,8H2. The molecule has 74 valence electrons. The van der Waals surface area contributed by atoms with Crippen LogP contribution in [-0.4, -0.2) is 13.1 Å². The summed E-state index contributed by atoms with van der Waals surface area (Å²) in [6.45, 7) is 0.306. The average molecular weight is 192 g/mol. The van der Waals surface area contributed by atoms with E-state index in [9.17, 15) is 4.79 Å². The summed E-state index contributed by atoms with van der Waals surface area (Å²) in [6.07, 6.45) is 3.28. The summed E-state index contributed by atoms with van der Waals surface area (Å²) in [4.78, 5) is 10.2. The molecule has 3 heteroatoms. The SMILES string of the molecule is O=CCCCc1cccc2c1OCO2. The van der Waals surface area contributed by atoms with Gasteiger partial charge in [0.15, 0.2) is 11.5 Å². The van der Waals surface area contributed by atoms with E-state index < -0.39 is 0 Å². The molecule has 0 N–H and O–H groups in total. The second kappa shape index (κ2) is 4.13. The van der Waals surface area contributed by atoms with Crippen LogP contribution in [0, 0.1) is 0 Å². The number of hydrogen-bond donors (Lipinski definition) is 0. The minimum atomic E-state index is 0.306. The molecule has 0 amide bonds. The molecule has 0 unspecified atom stereocenters. The third-order valence-corrected chi connectivity index (χ3v) is 2.25. The molecule has 0 bridgehead atoms. The Bertz CT molecular complexity index is 333. The van der Waals surface area contributed by atoms with Crippen molar-refractivity contribution in [2.75, 3.05) is 6.79 Å². The number of benzene rings is 1. The third kappa shape index (κ3) is 1.71. The average Bonchev–Trinajstić information content (AvgIpc) is 2.67. The van der Waals surface area contributed by atoms with E-state index in [0.717, 1.165) is 36.2 Å². The molecule has 1 aliphatic rings. The molecule has 0 saturated carbocycles. The first-order chi connectivity index (χ1) is 6.92. The molecular formula is C11H12O3. The zero-order chi connectivity index (χ0) is 9.80. The Labute approximate surface area is 82.6 Å². The number of unbranched alkanes of at least 4 members (excludes halogenated alkanes) is 1. The summed E-state index contributed by atoms with van der Waals surface area (Å²) in [7, 11) is 0. The molecule has 1 aromatic rings. The topological polar surface area (TPSA) is 35.5 Å². The first-order valence-electron chi connectivity index (χ1n) is 4.73. The lowest BCUT2D eigenvalue weighted by atomic mass is 10.1. The fourth-order valence-corrected chi connectivity index (χ4v) is 1.56. The largest absolute Gasteiger partial charge is 0.454 e. The van der Waals surface area contributed by atoms with E-state index in [0.29, 0.717) is 13.2 Å². The fraction of sp³-hybridized carbons (Fsp3) is 0.364. The highest BCUT2D eigenvalue weighted by atomic mass is 16.7. The van der Waals surface area contributed by atoms with Gasteiger partial charge in [0.2, 0.25) is 6.79 Å². The van der Waals surface area contributed by atoms with Crippen molar-refractivity contribution < 1.29 is 14.3 Å². The maximum Gasteiger partial charge on any atom is 0.231 e. The first-order valence-corrected chi connectivity index (χ1v) is 4.73. The zero-order valence-electron chi connectivity index (χ0n) is 7.86. The van der Waals surface area contributed by atoms with E-state index in [1.54, 1.807) is 0 Å². The predicted octanol–water partition coefficient (Wildman–Crippen LogP) is 1.94. The number of aldehydes is 1. The van der Waals surface area contributed by atoms with Gasteiger partial charge in [-0.2, -0.15) is 0 Å². The lowest BCUT2D eigenvalue weighted by Crippen LogP contribution is -1.94. The number of para-hydroxylation sites is 1. The molecule has 1 heterocycles. The van der Waals surface area contributed by atoms with Crippen LogP contribution in [0.15, 0.2) is 18.2 Å². The van der Waals surface area contributed by atoms with Gasteiger partial charge in [-0.05, 0) is 24.5 Å². The van der Waals surface area contributed by atoms with Crippen LogP contribution in [0.2, 0.25) is 0 Å². The highest BCUT2D eigenvalue weighted by Gasteiger charge is 2.16. The van der Waals surface area contributed by atoms with Gasteiger partial charge in [0.05, 0.1) is 0 Å². The van der Waals surface area contributed by atoms with Crippen LogP contribution in [0.25, 0.3) is 0 Å². The van der Waals surface area contributed by atoms with Gasteiger partial charge in [0, 0.05) is 6.42 Å². The van der Waals surface area contributed by atoms with Gasteiger partial charge in [0.25, 0.3) is 0 Å². The summed E-state index contributed by atoms with van der Waals surface area (Å²) in [5.41, 5.74) is 1.13. The molecule has 0 radical (unpaired) electrons. The lowest BCUT2D eigenvalue weighted by molar-refractivity contribution is -0.107. The van der Waals surface area contributed by atoms with E-state index in [1.165, 1.54) is 0 Å². The summed E-state index contributed by atoms with van der Waals surface area (Å²) < 4.78 is 10.6. The molecule has 3 nitrogen and oxygen atoms in total. The molecule has 0 spiro atoms. The second-order valence-corrected chi connectivity index (χ2v) is 3.21. The van der Waals surface area contributed by atoms with Crippen molar-refractivity contribution in [3.8, 4) is 11.5 Å². The van der Waals surface area contributed by atoms with Crippen LogP contribution in [-0.2, 0) is 11.2 Å². The molecule has 0 aliphatic carbocycles. The molecule has 0 saturated heterocycles. The number of aryl methyl sites for hydroxylation is 1. The Morgan fingerprint density at radius 1 is 1.36 bits per heavy atom. The Kier molecular flexibility index (Phi) is 2.68. The first kappa shape index (κ1) is 9.06. The quantitative estimate of drug-likeness (QED) is 0.540. The number of fused-ring (bicyclic) bond motifs is 1. The van der Waals surface area contributed by atoms with E-state index in [-0.39, 0.29) is 0 Å². The Morgan fingerprint density at radius 2 is 2.29 bits per heavy atom. The Morgan fingerprint density at radius 3 is 3.14 bits per heavy atom. The maximum atomic E-state index is 10.2. The van der Waals surface area contributed by atoms with Crippen LogP contribution < -0.4 is 9.47 Å². The van der Waals surface area contributed by atoms with Gasteiger partial charge in [-0.15, -0.1) is 0 Å². The highest BCUT2D eigenvalue weighted by molar-refractivity contribution is 5.50. The van der Waals surface area contributed by atoms with Crippen molar-refractivity contribution in [3.63, 3.8) is 0 Å². The van der Waals surface area contributed by atoms with Gasteiger partial charge < -0.3 is 14.3 Å². The van der Waals surface area contributed by atoms with Crippen molar-refractivity contribution in [3.05, 3.63) is 23.8 Å². The van der Waals surface area contributed by atoms with Gasteiger partial charge in [-0.1, -0.05) is 12.1 Å². The molecule has 1 aromatic carbocycles. The van der Waals surface area contributed by atoms with Crippen LogP contribution in [0.3, 0.4) is 0 Å². The smallest absolute Gasteiger partial charge is 0.231 e. The van der Waals surface area contributed by atoms with Crippen molar-refractivity contribution >= 4 is 6.29 Å². The lowest BCUT2D eigenvalue weighted by Gasteiger charge is -2.03. The fourth-order valence-electron chi connectivity index (χ4n) is 1.56. The van der Waals surface area contributed by atoms with Crippen molar-refractivity contribution in [2.24, 2.45) is 0 Å². The minimum Gasteiger partial charge on any atom is -0.454 e. The Balaban J connectivity index is 2.10. The van der Waals surface area contributed by atoms with E-state index in [1.807, 2.05) is 18.2 Å². The van der Waals surface area contributed by atoms with Crippen LogP contribution in [0.4, 0.5) is 0 Å². The summed E-state index contributed by atoms with van der Waals surface area (Å²) in [5.74, 6) is 1.66. The van der Waals surface area contributed by atoms with Gasteiger partial charge in [-0.25, -0.2) is 0 Å². The Hall–Kier alpha value is -1.51. The number of carbonyl (C=O) groups is 1. The molecule has 0 aromatic heterocycles. The maximum absolute atomic E-state index is 10.2. The third-order valence-electron chi connectivity index (χ3n) is 2.25. The molecule has 14 heavy (non-hydrogen) atoms. The molecule has 1 aliphatic heterocycles. The summed E-state index contributed by atoms with van der Waals surface area (Å²) in [5, 5.41) is 0. The monoisotopic (exact) mass is 192 g/mol. The highest BCUT2D eigenvalue weighted by Crippen LogP contribution is 2.35. The number of hydrogen-bond acceptors (Lipinski definition) is 3.